The quantitative estimate of drug-likeness (QED) is 0.655. The van der Waals surface area contributed by atoms with Gasteiger partial charge in [0, 0.05) is 5.57 Å². The summed E-state index contributed by atoms with van der Waals surface area (Å²) < 4.78 is 0. The van der Waals surface area contributed by atoms with Crippen molar-refractivity contribution in [1.82, 2.24) is 0 Å². The van der Waals surface area contributed by atoms with Crippen LogP contribution in [0.1, 0.15) is 6.92 Å². The van der Waals surface area contributed by atoms with Gasteiger partial charge in [-0.25, -0.2) is 0 Å². The van der Waals surface area contributed by atoms with E-state index in [9.17, 15) is 9.59 Å². The van der Waals surface area contributed by atoms with Crippen LogP contribution in [0.3, 0.4) is 0 Å². The van der Waals surface area contributed by atoms with Crippen LogP contribution in [0.2, 0.25) is 0 Å². The van der Waals surface area contributed by atoms with Crippen LogP contribution in [-0.4, -0.2) is 11.6 Å². The van der Waals surface area contributed by atoms with E-state index in [0.717, 1.165) is 0 Å². The number of carbonyl (C=O) groups excluding carboxylic acids is 2. The van der Waals surface area contributed by atoms with Crippen LogP contribution >= 0.6 is 0 Å². The molecule has 0 aromatic rings. The lowest BCUT2D eigenvalue weighted by atomic mass is 9.87. The minimum atomic E-state index is -0.472. The van der Waals surface area contributed by atoms with Crippen molar-refractivity contribution >= 4 is 11.6 Å². The standard InChI is InChI=1S/C15H8N2O2/c1-9-6-10(2-4-14(9)18)11-3-5-15(19)13(8-17)12(11)7-16/h2-6H,1H3/b11-10+. The van der Waals surface area contributed by atoms with Crippen molar-refractivity contribution in [2.75, 3.05) is 0 Å². The van der Waals surface area contributed by atoms with Gasteiger partial charge < -0.3 is 0 Å². The number of ketones is 2. The van der Waals surface area contributed by atoms with Crippen LogP contribution in [0.5, 0.6) is 0 Å². The zero-order valence-electron chi connectivity index (χ0n) is 10.1. The van der Waals surface area contributed by atoms with Crippen LogP contribution in [-0.2, 0) is 9.59 Å². The van der Waals surface area contributed by atoms with Crippen molar-refractivity contribution in [3.63, 3.8) is 0 Å². The van der Waals surface area contributed by atoms with Crippen molar-refractivity contribution in [2.24, 2.45) is 0 Å². The lowest BCUT2D eigenvalue weighted by Crippen LogP contribution is -2.09. The fourth-order valence-electron chi connectivity index (χ4n) is 1.87. The van der Waals surface area contributed by atoms with Crippen LogP contribution in [0.4, 0.5) is 0 Å². The summed E-state index contributed by atoms with van der Waals surface area (Å²) >= 11 is 0. The Balaban J connectivity index is 2.68. The highest BCUT2D eigenvalue weighted by molar-refractivity contribution is 6.11. The molecular weight excluding hydrogens is 240 g/mol. The molecule has 2 aliphatic rings. The van der Waals surface area contributed by atoms with Crippen molar-refractivity contribution in [2.45, 2.75) is 6.92 Å². The van der Waals surface area contributed by atoms with Crippen molar-refractivity contribution < 1.29 is 9.59 Å². The minimum Gasteiger partial charge on any atom is -0.290 e. The Labute approximate surface area is 109 Å². The smallest absolute Gasteiger partial charge is 0.197 e. The topological polar surface area (TPSA) is 81.7 Å². The summed E-state index contributed by atoms with van der Waals surface area (Å²) in [6.45, 7) is 1.67. The van der Waals surface area contributed by atoms with Gasteiger partial charge in [0.15, 0.2) is 11.6 Å². The number of rotatable bonds is 0. The molecule has 19 heavy (non-hydrogen) atoms. The second kappa shape index (κ2) is 4.72. The predicted molar refractivity (Wildman–Crippen MR) is 67.3 cm³/mol. The Morgan fingerprint density at radius 2 is 1.53 bits per heavy atom. The summed E-state index contributed by atoms with van der Waals surface area (Å²) in [5.74, 6) is -0.567. The van der Waals surface area contributed by atoms with Gasteiger partial charge in [0.05, 0.1) is 5.57 Å². The minimum absolute atomic E-state index is 0.0491. The molecule has 0 aliphatic heterocycles. The summed E-state index contributed by atoms with van der Waals surface area (Å²) in [7, 11) is 0. The average Bonchev–Trinajstić information content (AvgIpc) is 2.41. The molecule has 0 saturated heterocycles. The van der Waals surface area contributed by atoms with Crippen molar-refractivity contribution in [3.05, 3.63) is 58.2 Å². The van der Waals surface area contributed by atoms with E-state index in [-0.39, 0.29) is 16.9 Å². The molecule has 0 radical (unpaired) electrons. The largest absolute Gasteiger partial charge is 0.290 e. The van der Waals surface area contributed by atoms with E-state index < -0.39 is 5.78 Å². The monoisotopic (exact) mass is 248 g/mol. The van der Waals surface area contributed by atoms with Gasteiger partial charge in [-0.15, -0.1) is 0 Å². The molecule has 0 N–H and O–H groups in total. The van der Waals surface area contributed by atoms with Crippen molar-refractivity contribution in [3.8, 4) is 12.1 Å². The highest BCUT2D eigenvalue weighted by atomic mass is 16.1. The molecule has 0 spiro atoms. The normalized spacial score (nSPS) is 22.2. The Kier molecular flexibility index (Phi) is 3.10. The van der Waals surface area contributed by atoms with Gasteiger partial charge in [-0.3, -0.25) is 9.59 Å². The number of nitrogens with zero attached hydrogens (tertiary/aromatic N) is 2. The molecule has 0 unspecified atom stereocenters. The highest BCUT2D eigenvalue weighted by Crippen LogP contribution is 2.27. The third-order valence-electron chi connectivity index (χ3n) is 2.88. The van der Waals surface area contributed by atoms with E-state index in [1.165, 1.54) is 18.2 Å². The van der Waals surface area contributed by atoms with Crippen molar-refractivity contribution in [1.29, 1.82) is 10.5 Å². The first kappa shape index (κ1) is 12.5. The molecule has 2 rings (SSSR count). The van der Waals surface area contributed by atoms with Crippen LogP contribution < -0.4 is 0 Å². The molecule has 0 bridgehead atoms. The summed E-state index contributed by atoms with van der Waals surface area (Å²) in [6, 6.07) is 3.64. The molecule has 0 amide bonds. The van der Waals surface area contributed by atoms with Crippen LogP contribution in [0, 0.1) is 22.7 Å². The van der Waals surface area contributed by atoms with E-state index in [4.69, 9.17) is 10.5 Å². The first-order chi connectivity index (χ1) is 9.08. The van der Waals surface area contributed by atoms with Crippen LogP contribution in [0.25, 0.3) is 0 Å². The maximum absolute atomic E-state index is 11.5. The zero-order chi connectivity index (χ0) is 14.0. The van der Waals surface area contributed by atoms with E-state index in [1.807, 2.05) is 6.07 Å². The zero-order valence-corrected chi connectivity index (χ0v) is 10.1. The maximum atomic E-state index is 11.5. The Bertz CT molecular complexity index is 729. The van der Waals surface area contributed by atoms with Gasteiger partial charge in [-0.1, -0.05) is 6.08 Å². The molecule has 2 aliphatic carbocycles. The second-order valence-electron chi connectivity index (χ2n) is 4.07. The summed E-state index contributed by atoms with van der Waals surface area (Å²) in [4.78, 5) is 22.9. The van der Waals surface area contributed by atoms with Gasteiger partial charge in [-0.2, -0.15) is 10.5 Å². The fraction of sp³-hybridized carbons (Fsp3) is 0.0667. The molecule has 0 saturated carbocycles. The third kappa shape index (κ3) is 2.08. The van der Waals surface area contributed by atoms with Gasteiger partial charge in [-0.05, 0) is 42.4 Å². The lowest BCUT2D eigenvalue weighted by Gasteiger charge is -2.13. The van der Waals surface area contributed by atoms with E-state index in [2.05, 4.69) is 0 Å². The Hall–Kier alpha value is -2.98. The Morgan fingerprint density at radius 1 is 0.895 bits per heavy atom. The van der Waals surface area contributed by atoms with E-state index in [1.54, 1.807) is 25.1 Å². The van der Waals surface area contributed by atoms with Gasteiger partial charge in [0.1, 0.15) is 17.7 Å². The highest BCUT2D eigenvalue weighted by Gasteiger charge is 2.22. The van der Waals surface area contributed by atoms with E-state index in [0.29, 0.717) is 16.7 Å². The lowest BCUT2D eigenvalue weighted by molar-refractivity contribution is -0.112. The molecule has 4 nitrogen and oxygen atoms in total. The summed E-state index contributed by atoms with van der Waals surface area (Å²) in [5, 5.41) is 18.1. The third-order valence-corrected chi connectivity index (χ3v) is 2.88. The van der Waals surface area contributed by atoms with Gasteiger partial charge >= 0.3 is 0 Å². The number of hydrogen-bond donors (Lipinski definition) is 0. The van der Waals surface area contributed by atoms with Crippen LogP contribution in [0.15, 0.2) is 58.2 Å². The first-order valence-electron chi connectivity index (χ1n) is 5.50. The number of allylic oxidation sites excluding steroid dienone is 10. The predicted octanol–water partition coefficient (Wildman–Crippen LogP) is 1.85. The average molecular weight is 248 g/mol. The SMILES string of the molecule is CC1=C/C(=C2\C=CC(=O)C(C#N)=C2C#N)C=CC1=O. The summed E-state index contributed by atoms with van der Waals surface area (Å²) in [6.07, 6.45) is 7.39. The maximum Gasteiger partial charge on any atom is 0.197 e. The van der Waals surface area contributed by atoms with E-state index >= 15 is 0 Å². The number of nitriles is 2. The van der Waals surface area contributed by atoms with Gasteiger partial charge in [0.25, 0.3) is 0 Å². The van der Waals surface area contributed by atoms with Gasteiger partial charge in [0.2, 0.25) is 0 Å². The Morgan fingerprint density at radius 3 is 2.11 bits per heavy atom. The molecule has 0 fully saturated rings. The number of hydrogen-bond acceptors (Lipinski definition) is 4. The molecule has 0 aromatic heterocycles. The number of carbonyl (C=O) groups is 2. The first-order valence-corrected chi connectivity index (χ1v) is 5.50. The molecule has 0 heterocycles. The molecular formula is C15H8N2O2. The molecule has 0 aromatic carbocycles. The molecule has 90 valence electrons. The molecule has 4 heteroatoms. The summed E-state index contributed by atoms with van der Waals surface area (Å²) in [5.41, 5.74) is 1.56. The molecule has 0 atom stereocenters. The second-order valence-corrected chi connectivity index (χ2v) is 4.07. The fourth-order valence-corrected chi connectivity index (χ4v) is 1.87.